The maximum Gasteiger partial charge on any atom is 0.338 e. The molecule has 2 unspecified atom stereocenters. The number of quaternary nitrogens is 1. The van der Waals surface area contributed by atoms with E-state index in [1.165, 1.54) is 6.20 Å². The zero-order valence-corrected chi connectivity index (χ0v) is 8.85. The minimum Gasteiger partial charge on any atom is -0.479 e. The molecule has 0 aromatic heterocycles. The Labute approximate surface area is 96.9 Å². The number of nitroso groups, excluding NO2 is 1. The molecule has 0 radical (unpaired) electrons. The summed E-state index contributed by atoms with van der Waals surface area (Å²) in [5.74, 6) is -1.37. The molecule has 0 bridgehead atoms. The largest absolute Gasteiger partial charge is 0.479 e. The Morgan fingerprint density at radius 3 is 2.76 bits per heavy atom. The second-order valence-corrected chi connectivity index (χ2v) is 3.82. The standard InChI is InChI=1S/C11H10N2O4/c14-10(11(15)16)7-13(12-17)6-5-8-3-1-2-4-9(8)13/h1-6,10,14H,7H2/p+1. The molecule has 2 N–H and O–H groups in total. The van der Waals surface area contributed by atoms with E-state index >= 15 is 0 Å². The van der Waals surface area contributed by atoms with Crippen LogP contribution in [-0.4, -0.2) is 28.8 Å². The number of carbonyl (C=O) groups is 1. The first-order chi connectivity index (χ1) is 8.09. The first-order valence-electron chi connectivity index (χ1n) is 5.01. The van der Waals surface area contributed by atoms with Crippen molar-refractivity contribution >= 4 is 17.7 Å². The summed E-state index contributed by atoms with van der Waals surface area (Å²) in [4.78, 5) is 21.6. The van der Waals surface area contributed by atoms with Crippen LogP contribution in [0.15, 0.2) is 35.8 Å². The molecule has 2 atom stereocenters. The molecule has 17 heavy (non-hydrogen) atoms. The summed E-state index contributed by atoms with van der Waals surface area (Å²) < 4.78 is -0.538. The molecule has 0 saturated carbocycles. The number of aliphatic carboxylic acids is 1. The number of carboxylic acids is 1. The number of para-hydroxylation sites is 1. The van der Waals surface area contributed by atoms with Gasteiger partial charge in [0.05, 0.1) is 0 Å². The van der Waals surface area contributed by atoms with Gasteiger partial charge >= 0.3 is 5.97 Å². The van der Waals surface area contributed by atoms with E-state index in [0.717, 1.165) is 5.56 Å². The van der Waals surface area contributed by atoms with Crippen LogP contribution in [0.3, 0.4) is 0 Å². The zero-order valence-electron chi connectivity index (χ0n) is 8.85. The molecular formula is C11H11N2O4+. The molecule has 1 aromatic rings. The van der Waals surface area contributed by atoms with Crippen molar-refractivity contribution in [3.8, 4) is 0 Å². The second kappa shape index (κ2) is 4.08. The Kier molecular flexibility index (Phi) is 2.74. The van der Waals surface area contributed by atoms with Gasteiger partial charge in [0.15, 0.2) is 17.5 Å². The number of aliphatic hydroxyl groups excluding tert-OH is 1. The van der Waals surface area contributed by atoms with E-state index in [-0.39, 0.29) is 6.54 Å². The van der Waals surface area contributed by atoms with Crippen LogP contribution >= 0.6 is 0 Å². The van der Waals surface area contributed by atoms with Gasteiger partial charge in [0.1, 0.15) is 6.20 Å². The third-order valence-electron chi connectivity index (χ3n) is 2.74. The van der Waals surface area contributed by atoms with Crippen molar-refractivity contribution in [3.63, 3.8) is 0 Å². The summed E-state index contributed by atoms with van der Waals surface area (Å²) >= 11 is 0. The molecular weight excluding hydrogens is 224 g/mol. The number of rotatable bonds is 4. The van der Waals surface area contributed by atoms with E-state index in [9.17, 15) is 14.8 Å². The summed E-state index contributed by atoms with van der Waals surface area (Å²) in [5.41, 5.74) is 1.37. The smallest absolute Gasteiger partial charge is 0.338 e. The number of carboxylic acid groups (broad SMARTS) is 1. The van der Waals surface area contributed by atoms with E-state index in [2.05, 4.69) is 5.29 Å². The number of hydrogen-bond donors (Lipinski definition) is 2. The van der Waals surface area contributed by atoms with Crippen molar-refractivity contribution in [2.75, 3.05) is 6.54 Å². The predicted molar refractivity (Wildman–Crippen MR) is 61.6 cm³/mol. The van der Waals surface area contributed by atoms with E-state index in [1.807, 2.05) is 6.07 Å². The van der Waals surface area contributed by atoms with E-state index in [0.29, 0.717) is 5.69 Å². The fourth-order valence-electron chi connectivity index (χ4n) is 1.87. The van der Waals surface area contributed by atoms with Gasteiger partial charge in [-0.3, -0.25) is 0 Å². The van der Waals surface area contributed by atoms with Crippen LogP contribution in [0.4, 0.5) is 5.69 Å². The van der Waals surface area contributed by atoms with Crippen LogP contribution in [-0.2, 0) is 4.79 Å². The topological polar surface area (TPSA) is 87.0 Å². The van der Waals surface area contributed by atoms with Gasteiger partial charge in [-0.05, 0) is 6.07 Å². The molecule has 0 aliphatic carbocycles. The summed E-state index contributed by atoms with van der Waals surface area (Å²) in [6.45, 7) is -0.313. The van der Waals surface area contributed by atoms with Gasteiger partial charge in [0.2, 0.25) is 6.10 Å². The Morgan fingerprint density at radius 1 is 1.41 bits per heavy atom. The second-order valence-electron chi connectivity index (χ2n) is 3.82. The molecule has 1 aliphatic rings. The normalized spacial score (nSPS) is 23.1. The van der Waals surface area contributed by atoms with Crippen LogP contribution in [0.5, 0.6) is 0 Å². The number of aliphatic hydroxyl groups is 1. The minimum atomic E-state index is -1.64. The quantitative estimate of drug-likeness (QED) is 0.604. The van der Waals surface area contributed by atoms with Crippen LogP contribution in [0, 0.1) is 4.91 Å². The van der Waals surface area contributed by atoms with E-state index in [1.54, 1.807) is 24.3 Å². The molecule has 0 fully saturated rings. The third-order valence-corrected chi connectivity index (χ3v) is 2.74. The molecule has 0 spiro atoms. The number of nitrogens with zero attached hydrogens (tertiary/aromatic N) is 2. The van der Waals surface area contributed by atoms with Gasteiger partial charge in [-0.25, -0.2) is 4.79 Å². The molecule has 1 aromatic carbocycles. The Balaban J connectivity index is 2.38. The maximum atomic E-state index is 11.0. The highest BCUT2D eigenvalue weighted by molar-refractivity contribution is 5.76. The van der Waals surface area contributed by atoms with Gasteiger partial charge in [-0.1, -0.05) is 21.6 Å². The summed E-state index contributed by atoms with van der Waals surface area (Å²) in [5, 5.41) is 21.0. The Bertz CT molecular complexity index is 500. The lowest BCUT2D eigenvalue weighted by atomic mass is 10.2. The molecule has 88 valence electrons. The van der Waals surface area contributed by atoms with Gasteiger partial charge in [0.25, 0.3) is 0 Å². The van der Waals surface area contributed by atoms with Crippen molar-refractivity contribution in [2.45, 2.75) is 6.10 Å². The highest BCUT2D eigenvalue weighted by Gasteiger charge is 2.41. The van der Waals surface area contributed by atoms with Crippen LogP contribution in [0.2, 0.25) is 0 Å². The Morgan fingerprint density at radius 2 is 2.12 bits per heavy atom. The van der Waals surface area contributed by atoms with Crippen molar-refractivity contribution in [2.24, 2.45) is 5.29 Å². The molecule has 2 rings (SSSR count). The van der Waals surface area contributed by atoms with Gasteiger partial charge < -0.3 is 10.2 Å². The lowest BCUT2D eigenvalue weighted by Crippen LogP contribution is -2.45. The van der Waals surface area contributed by atoms with E-state index < -0.39 is 16.7 Å². The average molecular weight is 235 g/mol. The van der Waals surface area contributed by atoms with Crippen LogP contribution in [0.25, 0.3) is 6.08 Å². The molecule has 0 amide bonds. The third kappa shape index (κ3) is 1.83. The highest BCUT2D eigenvalue weighted by Crippen LogP contribution is 2.35. The predicted octanol–water partition coefficient (Wildman–Crippen LogP) is 1.11. The molecule has 1 heterocycles. The molecule has 1 aliphatic heterocycles. The van der Waals surface area contributed by atoms with Crippen molar-refractivity contribution in [1.29, 1.82) is 0 Å². The van der Waals surface area contributed by atoms with Crippen LogP contribution in [0.1, 0.15) is 5.56 Å². The number of fused-ring (bicyclic) bond motifs is 1. The van der Waals surface area contributed by atoms with Gasteiger partial charge in [-0.15, -0.1) is 0 Å². The lowest BCUT2D eigenvalue weighted by Gasteiger charge is -2.22. The number of benzene rings is 1. The maximum absolute atomic E-state index is 11.0. The van der Waals surface area contributed by atoms with Crippen molar-refractivity contribution < 1.29 is 15.0 Å². The highest BCUT2D eigenvalue weighted by atomic mass is 16.4. The Hall–Kier alpha value is -2.05. The van der Waals surface area contributed by atoms with Gasteiger partial charge in [0, 0.05) is 17.7 Å². The van der Waals surface area contributed by atoms with Crippen molar-refractivity contribution in [3.05, 3.63) is 40.9 Å². The first-order valence-corrected chi connectivity index (χ1v) is 5.01. The fraction of sp³-hybridized carbons (Fsp3) is 0.182. The minimum absolute atomic E-state index is 0.313. The SMILES string of the molecule is O=N[N+]1(CC(O)C(=O)O)C=Cc2ccccc21. The van der Waals surface area contributed by atoms with Crippen LogP contribution < -0.4 is 4.59 Å². The molecule has 6 heteroatoms. The van der Waals surface area contributed by atoms with E-state index in [4.69, 9.17) is 5.11 Å². The van der Waals surface area contributed by atoms with Crippen molar-refractivity contribution in [1.82, 2.24) is 4.59 Å². The average Bonchev–Trinajstić information content (AvgIpc) is 2.69. The molecule has 6 nitrogen and oxygen atoms in total. The number of hydrogen-bond acceptors (Lipinski definition) is 4. The van der Waals surface area contributed by atoms with Gasteiger partial charge in [-0.2, -0.15) is 0 Å². The summed E-state index contributed by atoms with van der Waals surface area (Å²) in [6, 6.07) is 7.02. The molecule has 0 saturated heterocycles. The monoisotopic (exact) mass is 235 g/mol. The summed E-state index contributed by atoms with van der Waals surface area (Å²) in [7, 11) is 0. The lowest BCUT2D eigenvalue weighted by molar-refractivity contribution is -0.147. The summed E-state index contributed by atoms with van der Waals surface area (Å²) in [6.07, 6.45) is 1.53. The zero-order chi connectivity index (χ0) is 12.5. The fourth-order valence-corrected chi connectivity index (χ4v) is 1.87. The first kappa shape index (κ1) is 11.4.